The smallest absolute Gasteiger partial charge is 0.232 e. The highest BCUT2D eigenvalue weighted by molar-refractivity contribution is 7.14. The van der Waals surface area contributed by atoms with Crippen molar-refractivity contribution < 1.29 is 9.59 Å². The van der Waals surface area contributed by atoms with Gasteiger partial charge in [-0.1, -0.05) is 0 Å². The molecule has 9 heteroatoms. The molecule has 3 aromatic rings. The molecule has 0 fully saturated rings. The molecular weight excluding hydrogens is 346 g/mol. The van der Waals surface area contributed by atoms with E-state index in [9.17, 15) is 9.59 Å². The van der Waals surface area contributed by atoms with Crippen LogP contribution in [0.4, 0.5) is 10.3 Å². The highest BCUT2D eigenvalue weighted by Gasteiger charge is 2.11. The fourth-order valence-electron chi connectivity index (χ4n) is 1.90. The molecule has 0 bridgehead atoms. The number of carbonyl (C=O) groups excluding carboxylic acids is 2. The predicted octanol–water partition coefficient (Wildman–Crippen LogP) is 2.80. The molecule has 0 atom stereocenters. The van der Waals surface area contributed by atoms with Crippen molar-refractivity contribution in [2.24, 2.45) is 0 Å². The number of aromatic nitrogens is 3. The zero-order chi connectivity index (χ0) is 16.9. The van der Waals surface area contributed by atoms with E-state index in [1.165, 1.54) is 29.6 Å². The molecule has 0 aliphatic rings. The molecular formula is C15H13N5O2S2. The van der Waals surface area contributed by atoms with Gasteiger partial charge in [0.2, 0.25) is 11.8 Å². The van der Waals surface area contributed by atoms with Crippen LogP contribution in [0.25, 0.3) is 11.3 Å². The van der Waals surface area contributed by atoms with Crippen LogP contribution in [0, 0.1) is 0 Å². The number of carbonyl (C=O) groups is 2. The van der Waals surface area contributed by atoms with Crippen LogP contribution in [0.2, 0.25) is 0 Å². The standard InChI is InChI=1S/C15H13N5O2S2/c1-9(21)17-14-18-11(7-23-14)5-13(22)20-15-19-12(8-24-15)10-3-2-4-16-6-10/h2-4,6-8H,5H2,1H3,(H,17,18,21)(H,19,20,22). The van der Waals surface area contributed by atoms with Crippen molar-refractivity contribution in [2.75, 3.05) is 10.6 Å². The van der Waals surface area contributed by atoms with Gasteiger partial charge in [-0.3, -0.25) is 14.6 Å². The first-order chi connectivity index (χ1) is 11.6. The lowest BCUT2D eigenvalue weighted by molar-refractivity contribution is -0.116. The first kappa shape index (κ1) is 16.2. The third kappa shape index (κ3) is 4.21. The van der Waals surface area contributed by atoms with Crippen molar-refractivity contribution in [1.29, 1.82) is 0 Å². The van der Waals surface area contributed by atoms with Crippen molar-refractivity contribution in [3.63, 3.8) is 0 Å². The topological polar surface area (TPSA) is 96.9 Å². The Morgan fingerprint density at radius 3 is 2.67 bits per heavy atom. The van der Waals surface area contributed by atoms with Gasteiger partial charge < -0.3 is 10.6 Å². The van der Waals surface area contributed by atoms with Crippen molar-refractivity contribution in [2.45, 2.75) is 13.3 Å². The number of rotatable bonds is 5. The van der Waals surface area contributed by atoms with Crippen molar-refractivity contribution in [3.05, 3.63) is 41.0 Å². The van der Waals surface area contributed by atoms with Crippen LogP contribution in [-0.2, 0) is 16.0 Å². The molecule has 24 heavy (non-hydrogen) atoms. The molecule has 0 spiro atoms. The average Bonchev–Trinajstić information content (AvgIpc) is 3.17. The summed E-state index contributed by atoms with van der Waals surface area (Å²) in [6.07, 6.45) is 3.54. The van der Waals surface area contributed by atoms with Crippen molar-refractivity contribution >= 4 is 44.8 Å². The van der Waals surface area contributed by atoms with E-state index >= 15 is 0 Å². The molecule has 2 amide bonds. The molecule has 0 aliphatic heterocycles. The Kier molecular flexibility index (Phi) is 4.92. The van der Waals surface area contributed by atoms with Gasteiger partial charge in [0.15, 0.2) is 10.3 Å². The molecule has 2 N–H and O–H groups in total. The van der Waals surface area contributed by atoms with Crippen LogP contribution in [0.15, 0.2) is 35.3 Å². The molecule has 0 aromatic carbocycles. The Balaban J connectivity index is 1.60. The third-order valence-corrected chi connectivity index (χ3v) is 4.45. The first-order valence-electron chi connectivity index (χ1n) is 6.98. The molecule has 0 saturated carbocycles. The molecule has 0 saturated heterocycles. The Morgan fingerprint density at radius 2 is 1.92 bits per heavy atom. The summed E-state index contributed by atoms with van der Waals surface area (Å²) in [5.74, 6) is -0.396. The van der Waals surface area contributed by atoms with Gasteiger partial charge in [0.05, 0.1) is 17.8 Å². The van der Waals surface area contributed by atoms with Gasteiger partial charge in [-0.2, -0.15) is 0 Å². The maximum atomic E-state index is 12.1. The van der Waals surface area contributed by atoms with E-state index in [0.717, 1.165) is 11.3 Å². The Hall–Kier alpha value is -2.65. The molecule has 3 heterocycles. The Bertz CT molecular complexity index is 860. The highest BCUT2D eigenvalue weighted by Crippen LogP contribution is 2.24. The third-order valence-electron chi connectivity index (χ3n) is 2.88. The number of anilines is 2. The van der Waals surface area contributed by atoms with Crippen LogP contribution in [0.1, 0.15) is 12.6 Å². The molecule has 0 radical (unpaired) electrons. The average molecular weight is 359 g/mol. The molecule has 7 nitrogen and oxygen atoms in total. The van der Waals surface area contributed by atoms with Gasteiger partial charge >= 0.3 is 0 Å². The van der Waals surface area contributed by atoms with Crippen LogP contribution < -0.4 is 10.6 Å². The molecule has 3 rings (SSSR count). The van der Waals surface area contributed by atoms with Gasteiger partial charge in [-0.05, 0) is 12.1 Å². The number of hydrogen-bond donors (Lipinski definition) is 2. The number of pyridine rings is 1. The zero-order valence-corrected chi connectivity index (χ0v) is 14.3. The molecule has 0 aliphatic carbocycles. The molecule has 122 valence electrons. The van der Waals surface area contributed by atoms with Gasteiger partial charge in [0.1, 0.15) is 0 Å². The van der Waals surface area contributed by atoms with E-state index in [1.807, 2.05) is 17.5 Å². The summed E-state index contributed by atoms with van der Waals surface area (Å²) in [6.45, 7) is 1.41. The summed E-state index contributed by atoms with van der Waals surface area (Å²) in [7, 11) is 0. The van der Waals surface area contributed by atoms with Gasteiger partial charge in [-0.25, -0.2) is 9.97 Å². The predicted molar refractivity (Wildman–Crippen MR) is 94.1 cm³/mol. The van der Waals surface area contributed by atoms with Gasteiger partial charge in [0.25, 0.3) is 0 Å². The Morgan fingerprint density at radius 1 is 1.12 bits per heavy atom. The fourth-order valence-corrected chi connectivity index (χ4v) is 3.39. The second-order valence-corrected chi connectivity index (χ2v) is 6.55. The van der Waals surface area contributed by atoms with E-state index in [-0.39, 0.29) is 18.2 Å². The largest absolute Gasteiger partial charge is 0.302 e. The second kappa shape index (κ2) is 7.28. The summed E-state index contributed by atoms with van der Waals surface area (Å²) in [6, 6.07) is 3.74. The lowest BCUT2D eigenvalue weighted by Crippen LogP contribution is -2.14. The number of hydrogen-bond acceptors (Lipinski definition) is 7. The summed E-state index contributed by atoms with van der Waals surface area (Å²) in [5, 5.41) is 9.96. The zero-order valence-electron chi connectivity index (χ0n) is 12.6. The maximum absolute atomic E-state index is 12.1. The highest BCUT2D eigenvalue weighted by atomic mass is 32.1. The second-order valence-electron chi connectivity index (χ2n) is 4.83. The normalized spacial score (nSPS) is 10.4. The first-order valence-corrected chi connectivity index (χ1v) is 8.74. The minimum absolute atomic E-state index is 0.123. The lowest BCUT2D eigenvalue weighted by Gasteiger charge is -1.99. The van der Waals surface area contributed by atoms with Crippen LogP contribution in [0.5, 0.6) is 0 Å². The number of nitrogens with one attached hydrogen (secondary N) is 2. The van der Waals surface area contributed by atoms with E-state index < -0.39 is 0 Å². The monoisotopic (exact) mass is 359 g/mol. The van der Waals surface area contributed by atoms with Crippen molar-refractivity contribution in [1.82, 2.24) is 15.0 Å². The summed E-state index contributed by atoms with van der Waals surface area (Å²) < 4.78 is 0. The maximum Gasteiger partial charge on any atom is 0.232 e. The minimum Gasteiger partial charge on any atom is -0.302 e. The Labute approximate surface area is 145 Å². The number of amides is 2. The van der Waals surface area contributed by atoms with E-state index in [1.54, 1.807) is 17.8 Å². The fraction of sp³-hybridized carbons (Fsp3) is 0.133. The van der Waals surface area contributed by atoms with Crippen LogP contribution >= 0.6 is 22.7 Å². The summed E-state index contributed by atoms with van der Waals surface area (Å²) in [4.78, 5) is 35.7. The van der Waals surface area contributed by atoms with Crippen molar-refractivity contribution in [3.8, 4) is 11.3 Å². The SMILES string of the molecule is CC(=O)Nc1nc(CC(=O)Nc2nc(-c3cccnc3)cs2)cs1. The van der Waals surface area contributed by atoms with E-state index in [2.05, 4.69) is 25.6 Å². The van der Waals surface area contributed by atoms with Gasteiger partial charge in [-0.15, -0.1) is 22.7 Å². The quantitative estimate of drug-likeness (QED) is 0.730. The lowest BCUT2D eigenvalue weighted by atomic mass is 10.2. The molecule has 3 aromatic heterocycles. The van der Waals surface area contributed by atoms with Crippen LogP contribution in [-0.4, -0.2) is 26.8 Å². The summed E-state index contributed by atoms with van der Waals surface area (Å²) >= 11 is 2.64. The summed E-state index contributed by atoms with van der Waals surface area (Å²) in [5.41, 5.74) is 2.27. The van der Waals surface area contributed by atoms with E-state index in [0.29, 0.717) is 16.0 Å². The minimum atomic E-state index is -0.207. The number of thiazole rings is 2. The van der Waals surface area contributed by atoms with Gasteiger partial charge in [0, 0.05) is 35.6 Å². The molecule has 0 unspecified atom stereocenters. The number of nitrogens with zero attached hydrogens (tertiary/aromatic N) is 3. The van der Waals surface area contributed by atoms with Crippen LogP contribution in [0.3, 0.4) is 0 Å². The van der Waals surface area contributed by atoms with E-state index in [4.69, 9.17) is 0 Å².